The SMILES string of the molecule is CC(O)[NH+]1CCCCCC1. The molecule has 0 saturated carbocycles. The maximum Gasteiger partial charge on any atom is 0.186 e. The molecule has 0 aromatic carbocycles. The molecule has 1 rings (SSSR count). The van der Waals surface area contributed by atoms with E-state index in [4.69, 9.17) is 0 Å². The number of hydrogen-bond donors (Lipinski definition) is 2. The van der Waals surface area contributed by atoms with Crippen LogP contribution in [0.5, 0.6) is 0 Å². The van der Waals surface area contributed by atoms with Crippen molar-refractivity contribution >= 4 is 0 Å². The van der Waals surface area contributed by atoms with Gasteiger partial charge in [0.1, 0.15) is 0 Å². The van der Waals surface area contributed by atoms with E-state index in [2.05, 4.69) is 0 Å². The van der Waals surface area contributed by atoms with E-state index in [-0.39, 0.29) is 6.23 Å². The van der Waals surface area contributed by atoms with Gasteiger partial charge in [0.15, 0.2) is 6.23 Å². The van der Waals surface area contributed by atoms with E-state index < -0.39 is 0 Å². The minimum absolute atomic E-state index is 0.155. The monoisotopic (exact) mass is 144 g/mol. The van der Waals surface area contributed by atoms with E-state index in [1.165, 1.54) is 30.6 Å². The van der Waals surface area contributed by atoms with Crippen LogP contribution in [-0.4, -0.2) is 24.4 Å². The van der Waals surface area contributed by atoms with Crippen LogP contribution in [0.25, 0.3) is 0 Å². The topological polar surface area (TPSA) is 24.7 Å². The summed E-state index contributed by atoms with van der Waals surface area (Å²) in [6.45, 7) is 4.22. The van der Waals surface area contributed by atoms with E-state index >= 15 is 0 Å². The van der Waals surface area contributed by atoms with Gasteiger partial charge in [-0.25, -0.2) is 0 Å². The summed E-state index contributed by atoms with van der Waals surface area (Å²) in [5, 5.41) is 9.27. The third-order valence-electron chi connectivity index (χ3n) is 2.34. The minimum atomic E-state index is -0.155. The van der Waals surface area contributed by atoms with Crippen molar-refractivity contribution in [3.63, 3.8) is 0 Å². The third kappa shape index (κ3) is 2.27. The molecule has 0 aliphatic carbocycles. The van der Waals surface area contributed by atoms with Crippen LogP contribution in [-0.2, 0) is 0 Å². The van der Waals surface area contributed by atoms with Gasteiger partial charge >= 0.3 is 0 Å². The molecule has 0 aromatic rings. The molecular weight excluding hydrogens is 126 g/mol. The van der Waals surface area contributed by atoms with Crippen molar-refractivity contribution in [2.75, 3.05) is 13.1 Å². The van der Waals surface area contributed by atoms with E-state index in [1.807, 2.05) is 6.92 Å². The van der Waals surface area contributed by atoms with Crippen molar-refractivity contribution in [2.24, 2.45) is 0 Å². The van der Waals surface area contributed by atoms with E-state index in [0.29, 0.717) is 0 Å². The van der Waals surface area contributed by atoms with E-state index in [9.17, 15) is 5.11 Å². The van der Waals surface area contributed by atoms with Gasteiger partial charge in [0, 0.05) is 6.92 Å². The first kappa shape index (κ1) is 8.02. The van der Waals surface area contributed by atoms with Crippen LogP contribution in [0, 0.1) is 0 Å². The number of likely N-dealkylation sites (tertiary alicyclic amines) is 1. The van der Waals surface area contributed by atoms with Crippen LogP contribution >= 0.6 is 0 Å². The quantitative estimate of drug-likeness (QED) is 0.522. The summed E-state index contributed by atoms with van der Waals surface area (Å²) >= 11 is 0. The maximum atomic E-state index is 9.27. The van der Waals surface area contributed by atoms with Crippen LogP contribution in [0.15, 0.2) is 0 Å². The summed E-state index contributed by atoms with van der Waals surface area (Å²) in [5.74, 6) is 0. The second-order valence-electron chi connectivity index (χ2n) is 3.25. The van der Waals surface area contributed by atoms with Gasteiger partial charge in [-0.05, 0) is 25.7 Å². The lowest BCUT2D eigenvalue weighted by Crippen LogP contribution is -3.15. The number of quaternary nitrogens is 1. The predicted octanol–water partition coefficient (Wildman–Crippen LogP) is -0.216. The highest BCUT2D eigenvalue weighted by Gasteiger charge is 2.15. The first-order valence-electron chi connectivity index (χ1n) is 4.33. The van der Waals surface area contributed by atoms with Gasteiger partial charge in [0.2, 0.25) is 0 Å². The molecule has 2 heteroatoms. The highest BCUT2D eigenvalue weighted by atomic mass is 16.3. The molecule has 2 N–H and O–H groups in total. The Labute approximate surface area is 62.8 Å². The Bertz CT molecular complexity index is 85.3. The lowest BCUT2D eigenvalue weighted by atomic mass is 10.2. The number of hydrogen-bond acceptors (Lipinski definition) is 1. The standard InChI is InChI=1S/C8H17NO/c1-8(10)9-6-4-2-3-5-7-9/h8,10H,2-7H2,1H3/p+1. The van der Waals surface area contributed by atoms with Gasteiger partial charge < -0.3 is 10.0 Å². The van der Waals surface area contributed by atoms with Crippen LogP contribution in [0.1, 0.15) is 32.6 Å². The van der Waals surface area contributed by atoms with Crippen molar-refractivity contribution in [1.29, 1.82) is 0 Å². The summed E-state index contributed by atoms with van der Waals surface area (Å²) in [6.07, 6.45) is 5.14. The zero-order valence-electron chi connectivity index (χ0n) is 6.77. The second kappa shape index (κ2) is 3.94. The molecule has 0 amide bonds. The van der Waals surface area contributed by atoms with Gasteiger partial charge in [-0.3, -0.25) is 0 Å². The molecule has 1 saturated heterocycles. The zero-order valence-corrected chi connectivity index (χ0v) is 6.77. The Morgan fingerprint density at radius 2 is 1.60 bits per heavy atom. The van der Waals surface area contributed by atoms with Crippen molar-refractivity contribution in [3.05, 3.63) is 0 Å². The molecule has 1 unspecified atom stereocenters. The first-order valence-corrected chi connectivity index (χ1v) is 4.33. The Morgan fingerprint density at radius 3 is 2.00 bits per heavy atom. The molecule has 0 spiro atoms. The average molecular weight is 144 g/mol. The molecule has 1 aliphatic rings. The van der Waals surface area contributed by atoms with Crippen molar-refractivity contribution < 1.29 is 10.0 Å². The molecule has 0 bridgehead atoms. The van der Waals surface area contributed by atoms with E-state index in [1.54, 1.807) is 0 Å². The summed E-state index contributed by atoms with van der Waals surface area (Å²) in [6, 6.07) is 0. The Kier molecular flexibility index (Phi) is 3.16. The average Bonchev–Trinajstić information content (AvgIpc) is 2.12. The van der Waals surface area contributed by atoms with Gasteiger partial charge in [-0.15, -0.1) is 0 Å². The fourth-order valence-corrected chi connectivity index (χ4v) is 1.60. The van der Waals surface area contributed by atoms with E-state index in [0.717, 1.165) is 13.1 Å². The molecular formula is C8H18NO+. The van der Waals surface area contributed by atoms with Crippen molar-refractivity contribution in [3.8, 4) is 0 Å². The maximum absolute atomic E-state index is 9.27. The molecule has 0 aromatic heterocycles. The fourth-order valence-electron chi connectivity index (χ4n) is 1.60. The molecule has 1 atom stereocenters. The Morgan fingerprint density at radius 1 is 1.10 bits per heavy atom. The number of rotatable bonds is 1. The Hall–Kier alpha value is -0.0800. The largest absolute Gasteiger partial charge is 0.345 e. The normalized spacial score (nSPS) is 25.8. The summed E-state index contributed by atoms with van der Waals surface area (Å²) < 4.78 is 0. The number of nitrogens with one attached hydrogen (secondary N) is 1. The highest BCUT2D eigenvalue weighted by Crippen LogP contribution is 1.99. The predicted molar refractivity (Wildman–Crippen MR) is 40.8 cm³/mol. The molecule has 1 heterocycles. The molecule has 2 nitrogen and oxygen atoms in total. The molecule has 0 radical (unpaired) electrons. The number of aliphatic hydroxyl groups is 1. The lowest BCUT2D eigenvalue weighted by molar-refractivity contribution is -0.944. The van der Waals surface area contributed by atoms with Crippen LogP contribution in [0.2, 0.25) is 0 Å². The van der Waals surface area contributed by atoms with Gasteiger partial charge in [0.25, 0.3) is 0 Å². The zero-order chi connectivity index (χ0) is 7.40. The lowest BCUT2D eigenvalue weighted by Gasteiger charge is -2.19. The summed E-state index contributed by atoms with van der Waals surface area (Å²) in [4.78, 5) is 1.37. The van der Waals surface area contributed by atoms with Gasteiger partial charge in [-0.1, -0.05) is 0 Å². The van der Waals surface area contributed by atoms with Crippen LogP contribution in [0.4, 0.5) is 0 Å². The molecule has 1 aliphatic heterocycles. The molecule has 10 heavy (non-hydrogen) atoms. The third-order valence-corrected chi connectivity index (χ3v) is 2.34. The molecule has 60 valence electrons. The first-order chi connectivity index (χ1) is 4.80. The minimum Gasteiger partial charge on any atom is -0.345 e. The van der Waals surface area contributed by atoms with Crippen molar-refractivity contribution in [1.82, 2.24) is 0 Å². The van der Waals surface area contributed by atoms with Gasteiger partial charge in [0.05, 0.1) is 13.1 Å². The smallest absolute Gasteiger partial charge is 0.186 e. The van der Waals surface area contributed by atoms with Crippen molar-refractivity contribution in [2.45, 2.75) is 38.8 Å². The summed E-state index contributed by atoms with van der Waals surface area (Å²) in [5.41, 5.74) is 0. The van der Waals surface area contributed by atoms with Crippen LogP contribution in [0.3, 0.4) is 0 Å². The second-order valence-corrected chi connectivity index (χ2v) is 3.25. The van der Waals surface area contributed by atoms with Gasteiger partial charge in [-0.2, -0.15) is 0 Å². The fraction of sp³-hybridized carbons (Fsp3) is 1.00. The molecule has 1 fully saturated rings. The van der Waals surface area contributed by atoms with Crippen LogP contribution < -0.4 is 4.90 Å². The summed E-state index contributed by atoms with van der Waals surface area (Å²) in [7, 11) is 0. The number of aliphatic hydroxyl groups excluding tert-OH is 1. The highest BCUT2D eigenvalue weighted by molar-refractivity contribution is 4.46. The Balaban J connectivity index is 2.28.